The van der Waals surface area contributed by atoms with Crippen molar-refractivity contribution in [1.29, 1.82) is 0 Å². The van der Waals surface area contributed by atoms with Crippen LogP contribution in [0.2, 0.25) is 0 Å². The van der Waals surface area contributed by atoms with Crippen molar-refractivity contribution in [1.82, 2.24) is 15.5 Å². The van der Waals surface area contributed by atoms with Gasteiger partial charge >= 0.3 is 5.97 Å². The second-order valence-electron chi connectivity index (χ2n) is 5.64. The molecule has 0 fully saturated rings. The number of nitrogens with one attached hydrogen (secondary N) is 1. The summed E-state index contributed by atoms with van der Waals surface area (Å²) in [4.78, 5) is 23.0. The number of thioether (sulfide) groups is 1. The van der Waals surface area contributed by atoms with Gasteiger partial charge in [-0.3, -0.25) is 9.59 Å². The fraction of sp³-hybridized carbons (Fsp3) is 0.444. The zero-order valence-corrected chi connectivity index (χ0v) is 16.5. The maximum Gasteiger partial charge on any atom is 0.305 e. The van der Waals surface area contributed by atoms with Crippen LogP contribution >= 0.6 is 11.8 Å². The Kier molecular flexibility index (Phi) is 8.73. The first-order valence-corrected chi connectivity index (χ1v) is 9.77. The fourth-order valence-corrected chi connectivity index (χ4v) is 2.70. The Hall–Kier alpha value is -2.62. The van der Waals surface area contributed by atoms with Crippen molar-refractivity contribution >= 4 is 23.6 Å². The highest BCUT2D eigenvalue weighted by molar-refractivity contribution is 7.99. The molecule has 1 aromatic heterocycles. The van der Waals surface area contributed by atoms with Crippen LogP contribution in [0.25, 0.3) is 0 Å². The Labute approximate surface area is 166 Å². The van der Waals surface area contributed by atoms with Crippen molar-refractivity contribution in [3.63, 3.8) is 0 Å². The van der Waals surface area contributed by atoms with Crippen LogP contribution in [-0.2, 0) is 14.3 Å². The van der Waals surface area contributed by atoms with E-state index in [1.54, 1.807) is 26.0 Å². The second kappa shape index (κ2) is 11.3. The van der Waals surface area contributed by atoms with Gasteiger partial charge in [0.05, 0.1) is 12.4 Å². The fourth-order valence-electron chi connectivity index (χ4n) is 2.10. The molecule has 1 atom stereocenters. The SMILES string of the molecule is CCOC(=O)CCCNC(=O)CSc1nnc(C(C)Oc2ccccc2F)o1. The summed E-state index contributed by atoms with van der Waals surface area (Å²) in [6.45, 7) is 4.12. The lowest BCUT2D eigenvalue weighted by atomic mass is 10.3. The predicted octanol–water partition coefficient (Wildman–Crippen LogP) is 2.90. The first-order chi connectivity index (χ1) is 13.5. The van der Waals surface area contributed by atoms with E-state index < -0.39 is 11.9 Å². The van der Waals surface area contributed by atoms with Crippen molar-refractivity contribution in [2.45, 2.75) is 38.0 Å². The average Bonchev–Trinajstić information content (AvgIpc) is 3.15. The standard InChI is InChI=1S/C18H22FN3O5S/c1-3-25-16(24)9-6-10-20-15(23)11-28-18-22-21-17(27-18)12(2)26-14-8-5-4-7-13(14)19/h4-5,7-8,12H,3,6,9-11H2,1-2H3,(H,20,23). The normalized spacial score (nSPS) is 11.7. The number of aromatic nitrogens is 2. The molecule has 0 bridgehead atoms. The Morgan fingerprint density at radius 3 is 2.86 bits per heavy atom. The van der Waals surface area contributed by atoms with Crippen LogP contribution in [0, 0.1) is 5.82 Å². The van der Waals surface area contributed by atoms with Gasteiger partial charge in [0, 0.05) is 13.0 Å². The molecular weight excluding hydrogens is 389 g/mol. The highest BCUT2D eigenvalue weighted by atomic mass is 32.2. The van der Waals surface area contributed by atoms with Crippen LogP contribution in [0.3, 0.4) is 0 Å². The van der Waals surface area contributed by atoms with E-state index in [9.17, 15) is 14.0 Å². The smallest absolute Gasteiger partial charge is 0.305 e. The number of esters is 1. The third kappa shape index (κ3) is 7.18. The molecule has 8 nitrogen and oxygen atoms in total. The van der Waals surface area contributed by atoms with E-state index >= 15 is 0 Å². The summed E-state index contributed by atoms with van der Waals surface area (Å²) in [5.41, 5.74) is 0. The summed E-state index contributed by atoms with van der Waals surface area (Å²) < 4.78 is 29.3. The number of carbonyl (C=O) groups is 2. The minimum absolute atomic E-state index is 0.0869. The molecule has 0 saturated heterocycles. The molecule has 10 heteroatoms. The van der Waals surface area contributed by atoms with E-state index in [4.69, 9.17) is 13.9 Å². The Morgan fingerprint density at radius 2 is 2.11 bits per heavy atom. The molecule has 28 heavy (non-hydrogen) atoms. The van der Waals surface area contributed by atoms with Gasteiger partial charge in [0.25, 0.3) is 11.1 Å². The first-order valence-electron chi connectivity index (χ1n) is 8.79. The van der Waals surface area contributed by atoms with E-state index in [2.05, 4.69) is 15.5 Å². The highest BCUT2D eigenvalue weighted by Crippen LogP contribution is 2.25. The number of carbonyl (C=O) groups excluding carboxylic acids is 2. The molecule has 0 aliphatic heterocycles. The molecule has 2 rings (SSSR count). The molecule has 1 heterocycles. The molecule has 0 aliphatic rings. The van der Waals surface area contributed by atoms with Gasteiger partial charge in [-0.2, -0.15) is 0 Å². The van der Waals surface area contributed by atoms with Crippen molar-refractivity contribution in [2.24, 2.45) is 0 Å². The second-order valence-corrected chi connectivity index (χ2v) is 6.57. The van der Waals surface area contributed by atoms with Crippen LogP contribution in [0.5, 0.6) is 5.75 Å². The Morgan fingerprint density at radius 1 is 1.32 bits per heavy atom. The zero-order chi connectivity index (χ0) is 20.4. The van der Waals surface area contributed by atoms with E-state index in [0.717, 1.165) is 11.8 Å². The lowest BCUT2D eigenvalue weighted by Crippen LogP contribution is -2.26. The van der Waals surface area contributed by atoms with Crippen LogP contribution in [0.15, 0.2) is 33.9 Å². The third-order valence-corrected chi connectivity index (χ3v) is 4.24. The van der Waals surface area contributed by atoms with Gasteiger partial charge in [-0.1, -0.05) is 23.9 Å². The minimum Gasteiger partial charge on any atom is -0.478 e. The van der Waals surface area contributed by atoms with Crippen LogP contribution < -0.4 is 10.1 Å². The van der Waals surface area contributed by atoms with Crippen LogP contribution in [0.1, 0.15) is 38.7 Å². The first kappa shape index (κ1) is 21.7. The maximum atomic E-state index is 13.6. The Balaban J connectivity index is 1.71. The third-order valence-electron chi connectivity index (χ3n) is 3.42. The number of ether oxygens (including phenoxy) is 2. The van der Waals surface area contributed by atoms with Gasteiger partial charge in [0.2, 0.25) is 5.91 Å². The molecule has 0 spiro atoms. The van der Waals surface area contributed by atoms with E-state index in [-0.39, 0.29) is 40.9 Å². The molecule has 2 aromatic rings. The zero-order valence-electron chi connectivity index (χ0n) is 15.6. The summed E-state index contributed by atoms with van der Waals surface area (Å²) in [5.74, 6) is -0.627. The number of halogens is 1. The van der Waals surface area contributed by atoms with Crippen molar-refractivity contribution in [3.8, 4) is 5.75 Å². The van der Waals surface area contributed by atoms with E-state index in [1.165, 1.54) is 12.1 Å². The maximum absolute atomic E-state index is 13.6. The van der Waals surface area contributed by atoms with Crippen molar-refractivity contribution < 1.29 is 27.9 Å². The topological polar surface area (TPSA) is 104 Å². The minimum atomic E-state index is -0.643. The van der Waals surface area contributed by atoms with E-state index in [0.29, 0.717) is 19.6 Å². The number of amides is 1. The summed E-state index contributed by atoms with van der Waals surface area (Å²) in [6.07, 6.45) is 0.120. The van der Waals surface area contributed by atoms with Gasteiger partial charge in [-0.25, -0.2) is 4.39 Å². The van der Waals surface area contributed by atoms with Crippen molar-refractivity contribution in [2.75, 3.05) is 18.9 Å². The highest BCUT2D eigenvalue weighted by Gasteiger charge is 2.18. The Bertz CT molecular complexity index is 786. The van der Waals surface area contributed by atoms with Crippen LogP contribution in [-0.4, -0.2) is 41.0 Å². The lowest BCUT2D eigenvalue weighted by molar-refractivity contribution is -0.143. The quantitative estimate of drug-likeness (QED) is 0.342. The number of para-hydroxylation sites is 1. The molecule has 1 N–H and O–H groups in total. The summed E-state index contributed by atoms with van der Waals surface area (Å²) in [5, 5.41) is 10.6. The van der Waals surface area contributed by atoms with Crippen molar-refractivity contribution in [3.05, 3.63) is 36.0 Å². The summed E-state index contributed by atoms with van der Waals surface area (Å²) >= 11 is 1.08. The number of rotatable bonds is 11. The molecule has 0 aliphatic carbocycles. The lowest BCUT2D eigenvalue weighted by Gasteiger charge is -2.11. The van der Waals surface area contributed by atoms with Gasteiger partial charge in [0.1, 0.15) is 0 Å². The van der Waals surface area contributed by atoms with Gasteiger partial charge in [-0.05, 0) is 32.4 Å². The monoisotopic (exact) mass is 411 g/mol. The van der Waals surface area contributed by atoms with Gasteiger partial charge in [0.15, 0.2) is 17.7 Å². The molecule has 152 valence electrons. The van der Waals surface area contributed by atoms with Gasteiger partial charge < -0.3 is 19.2 Å². The molecular formula is C18H22FN3O5S. The average molecular weight is 411 g/mol. The summed E-state index contributed by atoms with van der Waals surface area (Å²) in [7, 11) is 0. The number of hydrogen-bond donors (Lipinski definition) is 1. The van der Waals surface area contributed by atoms with Crippen LogP contribution in [0.4, 0.5) is 4.39 Å². The molecule has 1 amide bonds. The summed E-state index contributed by atoms with van der Waals surface area (Å²) in [6, 6.07) is 6.02. The number of benzene rings is 1. The van der Waals surface area contributed by atoms with E-state index in [1.807, 2.05) is 0 Å². The molecule has 0 radical (unpaired) electrons. The molecule has 1 aromatic carbocycles. The largest absolute Gasteiger partial charge is 0.478 e. The molecule has 1 unspecified atom stereocenters. The predicted molar refractivity (Wildman–Crippen MR) is 99.3 cm³/mol. The molecule has 0 saturated carbocycles. The number of hydrogen-bond acceptors (Lipinski definition) is 8. The van der Waals surface area contributed by atoms with Gasteiger partial charge in [-0.15, -0.1) is 10.2 Å². The number of nitrogens with zero attached hydrogens (tertiary/aromatic N) is 2.